The molecule has 0 N–H and O–H groups in total. The van der Waals surface area contributed by atoms with Crippen LogP contribution in [0.25, 0.3) is 0 Å². The Hall–Kier alpha value is -1.09. The van der Waals surface area contributed by atoms with Gasteiger partial charge in [0.15, 0.2) is 5.75 Å². The Morgan fingerprint density at radius 2 is 1.52 bits per heavy atom. The summed E-state index contributed by atoms with van der Waals surface area (Å²) in [6, 6.07) is 10.7. The second kappa shape index (κ2) is 15.7. The molecular formula is C22H19Br2Cl4NO4. The zero-order valence-electron chi connectivity index (χ0n) is 17.1. The second-order valence-corrected chi connectivity index (χ2v) is 10.8. The maximum absolute atomic E-state index is 6.25. The molecule has 0 aliphatic rings. The van der Waals surface area contributed by atoms with E-state index in [1.807, 2.05) is 24.3 Å². The summed E-state index contributed by atoms with van der Waals surface area (Å²) >= 11 is 30.1. The van der Waals surface area contributed by atoms with Crippen LogP contribution in [0.5, 0.6) is 17.2 Å². The number of nitrogens with zero attached hydrogens (tertiary/aromatic N) is 1. The smallest absolute Gasteiger partial charge is 0.156 e. The highest BCUT2D eigenvalue weighted by atomic mass is 79.9. The molecule has 0 aliphatic heterocycles. The monoisotopic (exact) mass is 659 g/mol. The van der Waals surface area contributed by atoms with Crippen molar-refractivity contribution < 1.29 is 19.0 Å². The van der Waals surface area contributed by atoms with Gasteiger partial charge in [0.1, 0.15) is 29.2 Å². The molecule has 0 spiro atoms. The van der Waals surface area contributed by atoms with Crippen molar-refractivity contribution in [2.24, 2.45) is 5.16 Å². The molecule has 0 atom stereocenters. The van der Waals surface area contributed by atoms with Crippen molar-refractivity contribution in [1.29, 1.82) is 0 Å². The number of hydrogen-bond acceptors (Lipinski definition) is 5. The summed E-state index contributed by atoms with van der Waals surface area (Å²) in [5.41, 5.74) is 0.894. The van der Waals surface area contributed by atoms with Crippen molar-refractivity contribution in [1.82, 2.24) is 0 Å². The Balaban J connectivity index is 1.72. The van der Waals surface area contributed by atoms with E-state index in [0.29, 0.717) is 47.8 Å². The maximum Gasteiger partial charge on any atom is 0.156 e. The number of hydrogen-bond donors (Lipinski definition) is 0. The van der Waals surface area contributed by atoms with Crippen LogP contribution in [0.2, 0.25) is 10.0 Å². The molecule has 0 radical (unpaired) electrons. The van der Waals surface area contributed by atoms with Crippen LogP contribution in [0.3, 0.4) is 0 Å². The molecule has 0 heterocycles. The van der Waals surface area contributed by atoms with E-state index in [0.717, 1.165) is 14.7 Å². The van der Waals surface area contributed by atoms with Crippen molar-refractivity contribution >= 4 is 84.5 Å². The van der Waals surface area contributed by atoms with Crippen molar-refractivity contribution in [2.45, 2.75) is 6.42 Å². The van der Waals surface area contributed by atoms with Crippen LogP contribution in [0.4, 0.5) is 0 Å². The highest BCUT2D eigenvalue weighted by molar-refractivity contribution is 9.28. The second-order valence-electron chi connectivity index (χ2n) is 6.16. The first-order chi connectivity index (χ1) is 15.8. The molecule has 0 fully saturated rings. The predicted molar refractivity (Wildman–Crippen MR) is 143 cm³/mol. The topological polar surface area (TPSA) is 49.3 Å². The van der Waals surface area contributed by atoms with E-state index in [2.05, 4.69) is 37.0 Å². The third kappa shape index (κ3) is 11.7. The van der Waals surface area contributed by atoms with Gasteiger partial charge in [0.05, 0.1) is 32.9 Å². The van der Waals surface area contributed by atoms with Gasteiger partial charge in [-0.15, -0.1) is 0 Å². The fraction of sp³-hybridized carbons (Fsp3) is 0.227. The standard InChI is InChI=1S/C22H19Br2Cl4NO4/c23-20(24)6-11-33-29-14-15-2-4-16(5-3-15)30-8-1-9-32-22-18(25)12-17(13-19(22)26)31-10-7-21(27)28/h2-7,12-14H,1,8-11H2/b29-14+. The highest BCUT2D eigenvalue weighted by Gasteiger charge is 2.10. The third-order valence-corrected chi connectivity index (χ3v) is 5.25. The van der Waals surface area contributed by atoms with Gasteiger partial charge < -0.3 is 19.0 Å². The lowest BCUT2D eigenvalue weighted by molar-refractivity contribution is 0.176. The van der Waals surface area contributed by atoms with E-state index in [4.69, 9.17) is 65.5 Å². The van der Waals surface area contributed by atoms with Crippen molar-refractivity contribution in [3.8, 4) is 17.2 Å². The van der Waals surface area contributed by atoms with Gasteiger partial charge in [0.25, 0.3) is 0 Å². The van der Waals surface area contributed by atoms with Crippen LogP contribution in [-0.2, 0) is 4.84 Å². The molecule has 0 bridgehead atoms. The Kier molecular flexibility index (Phi) is 13.4. The van der Waals surface area contributed by atoms with Crippen molar-refractivity contribution in [3.05, 3.63) is 72.0 Å². The van der Waals surface area contributed by atoms with E-state index >= 15 is 0 Å². The molecule has 0 amide bonds. The van der Waals surface area contributed by atoms with Gasteiger partial charge >= 0.3 is 0 Å². The zero-order valence-corrected chi connectivity index (χ0v) is 23.3. The highest BCUT2D eigenvalue weighted by Crippen LogP contribution is 2.37. The number of oxime groups is 1. The molecule has 11 heteroatoms. The average Bonchev–Trinajstić information content (AvgIpc) is 2.75. The minimum atomic E-state index is 0.122. The molecule has 2 aromatic carbocycles. The fourth-order valence-electron chi connectivity index (χ4n) is 2.27. The zero-order chi connectivity index (χ0) is 24.1. The van der Waals surface area contributed by atoms with Gasteiger partial charge in [-0.2, -0.15) is 0 Å². The molecule has 2 aromatic rings. The summed E-state index contributed by atoms with van der Waals surface area (Å²) in [5, 5.41) is 4.58. The number of ether oxygens (including phenoxy) is 3. The lowest BCUT2D eigenvalue weighted by Gasteiger charge is -2.12. The molecule has 5 nitrogen and oxygen atoms in total. The molecule has 33 heavy (non-hydrogen) atoms. The number of rotatable bonds is 13. The van der Waals surface area contributed by atoms with E-state index in [-0.39, 0.29) is 11.1 Å². The molecule has 0 saturated carbocycles. The van der Waals surface area contributed by atoms with E-state index in [1.54, 1.807) is 24.4 Å². The summed E-state index contributed by atoms with van der Waals surface area (Å²) in [7, 11) is 0. The first-order valence-corrected chi connectivity index (χ1v) is 12.6. The summed E-state index contributed by atoms with van der Waals surface area (Å²) in [6.07, 6.45) is 5.57. The Labute approximate surface area is 229 Å². The quantitative estimate of drug-likeness (QED) is 0.123. The molecule has 178 valence electrons. The third-order valence-electron chi connectivity index (χ3n) is 3.73. The molecule has 2 rings (SSSR count). The summed E-state index contributed by atoms with van der Waals surface area (Å²) < 4.78 is 17.8. The van der Waals surface area contributed by atoms with Crippen LogP contribution in [0, 0.1) is 0 Å². The average molecular weight is 663 g/mol. The number of halogens is 6. The van der Waals surface area contributed by atoms with Gasteiger partial charge in [0, 0.05) is 18.6 Å². The lowest BCUT2D eigenvalue weighted by atomic mass is 10.2. The maximum atomic E-state index is 6.25. The van der Waals surface area contributed by atoms with Gasteiger partial charge in [-0.05, 0) is 73.8 Å². The molecular weight excluding hydrogens is 644 g/mol. The Morgan fingerprint density at radius 3 is 2.15 bits per heavy atom. The summed E-state index contributed by atoms with van der Waals surface area (Å²) in [5.74, 6) is 1.61. The molecule has 0 aromatic heterocycles. The largest absolute Gasteiger partial charge is 0.493 e. The molecule has 0 unspecified atom stereocenters. The summed E-state index contributed by atoms with van der Waals surface area (Å²) in [6.45, 7) is 1.40. The van der Waals surface area contributed by atoms with Gasteiger partial charge in [0.2, 0.25) is 0 Å². The van der Waals surface area contributed by atoms with E-state index in [9.17, 15) is 0 Å². The molecule has 0 aliphatic carbocycles. The number of benzene rings is 2. The Bertz CT molecular complexity index is 954. The van der Waals surface area contributed by atoms with E-state index in [1.165, 1.54) is 6.08 Å². The van der Waals surface area contributed by atoms with Gasteiger partial charge in [-0.3, -0.25) is 0 Å². The van der Waals surface area contributed by atoms with Gasteiger partial charge in [-0.1, -0.05) is 51.6 Å². The van der Waals surface area contributed by atoms with Crippen LogP contribution in [0.15, 0.2) is 61.6 Å². The van der Waals surface area contributed by atoms with Crippen LogP contribution < -0.4 is 14.2 Å². The van der Waals surface area contributed by atoms with E-state index < -0.39 is 0 Å². The lowest BCUT2D eigenvalue weighted by Crippen LogP contribution is -2.05. The fourth-order valence-corrected chi connectivity index (χ4v) is 3.24. The van der Waals surface area contributed by atoms with Crippen LogP contribution in [0.1, 0.15) is 12.0 Å². The van der Waals surface area contributed by atoms with Crippen molar-refractivity contribution in [3.63, 3.8) is 0 Å². The van der Waals surface area contributed by atoms with Crippen LogP contribution in [-0.4, -0.2) is 32.6 Å². The van der Waals surface area contributed by atoms with Gasteiger partial charge in [-0.25, -0.2) is 0 Å². The first kappa shape index (κ1) is 28.1. The minimum absolute atomic E-state index is 0.122. The van der Waals surface area contributed by atoms with Crippen molar-refractivity contribution in [2.75, 3.05) is 26.4 Å². The summed E-state index contributed by atoms with van der Waals surface area (Å²) in [4.78, 5) is 5.11. The first-order valence-electron chi connectivity index (χ1n) is 9.50. The normalized spacial score (nSPS) is 10.6. The van der Waals surface area contributed by atoms with Crippen LogP contribution >= 0.6 is 78.3 Å². The molecule has 0 saturated heterocycles. The minimum Gasteiger partial charge on any atom is -0.493 e. The predicted octanol–water partition coefficient (Wildman–Crippen LogP) is 8.52. The SMILES string of the molecule is ClC(Cl)=CCOc1cc(Cl)c(OCCCOc2ccc(/C=N/OCC=C(Br)Br)cc2)c(Cl)c1. The Morgan fingerprint density at radius 1 is 0.848 bits per heavy atom.